The minimum absolute atomic E-state index is 0.154. The maximum atomic E-state index is 12.0. The molecule has 2 rings (SSSR count). The molecule has 1 aliphatic carbocycles. The summed E-state index contributed by atoms with van der Waals surface area (Å²) < 4.78 is 0.911. The Kier molecular flexibility index (Phi) is 4.74. The number of carboxylic acids is 1. The van der Waals surface area contributed by atoms with Crippen molar-refractivity contribution in [2.75, 3.05) is 5.32 Å². The van der Waals surface area contributed by atoms with Gasteiger partial charge in [-0.25, -0.2) is 4.79 Å². The zero-order chi connectivity index (χ0) is 14.8. The van der Waals surface area contributed by atoms with E-state index in [1.54, 1.807) is 0 Å². The summed E-state index contributed by atoms with van der Waals surface area (Å²) in [4.78, 5) is 12.0. The molecule has 1 aliphatic rings. The number of para-hydroxylation sites is 1. The SMILES string of the molecule is CC(C)C1CCCCC1(Nc1ccccc1Br)C(=O)O. The molecule has 1 aromatic carbocycles. The third-order valence-corrected chi connectivity index (χ3v) is 5.08. The summed E-state index contributed by atoms with van der Waals surface area (Å²) in [5.41, 5.74) is 0.0125. The number of hydrogen-bond acceptors (Lipinski definition) is 2. The van der Waals surface area contributed by atoms with Gasteiger partial charge in [0.05, 0.1) is 0 Å². The normalized spacial score (nSPS) is 26.5. The largest absolute Gasteiger partial charge is 0.479 e. The molecule has 1 saturated carbocycles. The van der Waals surface area contributed by atoms with Crippen molar-refractivity contribution in [1.82, 2.24) is 0 Å². The van der Waals surface area contributed by atoms with Crippen molar-refractivity contribution in [3.63, 3.8) is 0 Å². The Bertz CT molecular complexity index is 489. The fourth-order valence-corrected chi connectivity index (χ4v) is 3.76. The van der Waals surface area contributed by atoms with Gasteiger partial charge in [-0.1, -0.05) is 38.8 Å². The highest BCUT2D eigenvalue weighted by Gasteiger charge is 2.48. The molecule has 0 radical (unpaired) electrons. The van der Waals surface area contributed by atoms with Crippen LogP contribution in [0.25, 0.3) is 0 Å². The Balaban J connectivity index is 2.38. The van der Waals surface area contributed by atoms with Crippen LogP contribution in [0.4, 0.5) is 5.69 Å². The lowest BCUT2D eigenvalue weighted by atomic mass is 9.67. The third kappa shape index (κ3) is 2.85. The van der Waals surface area contributed by atoms with Gasteiger partial charge in [-0.3, -0.25) is 0 Å². The first-order chi connectivity index (χ1) is 9.47. The van der Waals surface area contributed by atoms with Crippen LogP contribution in [-0.4, -0.2) is 16.6 Å². The lowest BCUT2D eigenvalue weighted by molar-refractivity contribution is -0.146. The van der Waals surface area contributed by atoms with Crippen LogP contribution >= 0.6 is 15.9 Å². The van der Waals surface area contributed by atoms with Crippen LogP contribution in [0.5, 0.6) is 0 Å². The maximum Gasteiger partial charge on any atom is 0.329 e. The highest BCUT2D eigenvalue weighted by atomic mass is 79.9. The highest BCUT2D eigenvalue weighted by molar-refractivity contribution is 9.10. The van der Waals surface area contributed by atoms with Crippen molar-refractivity contribution in [3.05, 3.63) is 28.7 Å². The molecule has 2 N–H and O–H groups in total. The van der Waals surface area contributed by atoms with E-state index in [0.717, 1.165) is 29.4 Å². The van der Waals surface area contributed by atoms with Crippen LogP contribution < -0.4 is 5.32 Å². The summed E-state index contributed by atoms with van der Waals surface area (Å²) >= 11 is 3.50. The number of anilines is 1. The zero-order valence-corrected chi connectivity index (χ0v) is 13.6. The molecule has 4 heteroatoms. The lowest BCUT2D eigenvalue weighted by Crippen LogP contribution is -2.55. The molecule has 1 aromatic rings. The Morgan fingerprint density at radius 2 is 2.10 bits per heavy atom. The quantitative estimate of drug-likeness (QED) is 0.847. The van der Waals surface area contributed by atoms with Crippen molar-refractivity contribution >= 4 is 27.6 Å². The predicted molar refractivity (Wildman–Crippen MR) is 84.9 cm³/mol. The molecule has 1 fully saturated rings. The second kappa shape index (κ2) is 6.17. The molecule has 2 unspecified atom stereocenters. The van der Waals surface area contributed by atoms with Gasteiger partial charge in [-0.15, -0.1) is 0 Å². The van der Waals surface area contributed by atoms with E-state index in [4.69, 9.17) is 0 Å². The zero-order valence-electron chi connectivity index (χ0n) is 12.0. The molecule has 20 heavy (non-hydrogen) atoms. The number of nitrogens with one attached hydrogen (secondary N) is 1. The lowest BCUT2D eigenvalue weighted by Gasteiger charge is -2.44. The number of rotatable bonds is 4. The molecule has 110 valence electrons. The summed E-state index contributed by atoms with van der Waals surface area (Å²) in [7, 11) is 0. The van der Waals surface area contributed by atoms with Gasteiger partial charge in [0, 0.05) is 10.2 Å². The minimum atomic E-state index is -0.851. The standard InChI is InChI=1S/C16H22BrNO2/c1-11(2)12-7-5-6-10-16(12,15(19)20)18-14-9-4-3-8-13(14)17/h3-4,8-9,11-12,18H,5-7,10H2,1-2H3,(H,19,20). The molecule has 0 bridgehead atoms. The second-order valence-electron chi connectivity index (χ2n) is 5.98. The van der Waals surface area contributed by atoms with Crippen LogP contribution in [0.2, 0.25) is 0 Å². The smallest absolute Gasteiger partial charge is 0.329 e. The Morgan fingerprint density at radius 3 is 2.70 bits per heavy atom. The second-order valence-corrected chi connectivity index (χ2v) is 6.83. The maximum absolute atomic E-state index is 12.0. The number of benzene rings is 1. The molecule has 0 spiro atoms. The van der Waals surface area contributed by atoms with Gasteiger partial charge in [0.15, 0.2) is 0 Å². The predicted octanol–water partition coefficient (Wildman–Crippen LogP) is 4.53. The molecule has 0 aromatic heterocycles. The monoisotopic (exact) mass is 339 g/mol. The van der Waals surface area contributed by atoms with E-state index in [0.29, 0.717) is 12.3 Å². The van der Waals surface area contributed by atoms with Crippen molar-refractivity contribution in [3.8, 4) is 0 Å². The number of hydrogen-bond donors (Lipinski definition) is 2. The van der Waals surface area contributed by atoms with E-state index in [2.05, 4.69) is 35.1 Å². The van der Waals surface area contributed by atoms with Gasteiger partial charge < -0.3 is 10.4 Å². The molecular weight excluding hydrogens is 318 g/mol. The van der Waals surface area contributed by atoms with Gasteiger partial charge in [0.2, 0.25) is 0 Å². The van der Waals surface area contributed by atoms with Crippen LogP contribution in [0, 0.1) is 11.8 Å². The fourth-order valence-electron chi connectivity index (χ4n) is 3.38. The van der Waals surface area contributed by atoms with Crippen molar-refractivity contribution in [2.45, 2.75) is 45.1 Å². The summed E-state index contributed by atoms with van der Waals surface area (Å²) in [5.74, 6) is -0.228. The van der Waals surface area contributed by atoms with Gasteiger partial charge in [-0.05, 0) is 52.7 Å². The molecule has 0 aliphatic heterocycles. The third-order valence-electron chi connectivity index (χ3n) is 4.39. The highest BCUT2D eigenvalue weighted by Crippen LogP contribution is 2.42. The molecule has 3 nitrogen and oxygen atoms in total. The van der Waals surface area contributed by atoms with Gasteiger partial charge >= 0.3 is 5.97 Å². The van der Waals surface area contributed by atoms with E-state index in [-0.39, 0.29) is 5.92 Å². The number of carbonyl (C=O) groups is 1. The molecule has 0 heterocycles. The van der Waals surface area contributed by atoms with Gasteiger partial charge in [0.1, 0.15) is 5.54 Å². The van der Waals surface area contributed by atoms with E-state index in [1.807, 2.05) is 24.3 Å². The van der Waals surface area contributed by atoms with Gasteiger partial charge in [0.25, 0.3) is 0 Å². The van der Waals surface area contributed by atoms with Crippen molar-refractivity contribution < 1.29 is 9.90 Å². The summed E-state index contributed by atoms with van der Waals surface area (Å²) in [6.45, 7) is 4.24. The van der Waals surface area contributed by atoms with E-state index in [1.165, 1.54) is 0 Å². The van der Waals surface area contributed by atoms with E-state index >= 15 is 0 Å². The number of carboxylic acid groups (broad SMARTS) is 1. The van der Waals surface area contributed by atoms with Gasteiger partial charge in [-0.2, -0.15) is 0 Å². The summed E-state index contributed by atoms with van der Waals surface area (Å²) in [5, 5.41) is 13.2. The molecule has 2 atom stereocenters. The first kappa shape index (κ1) is 15.4. The first-order valence-corrected chi connectivity index (χ1v) is 8.03. The first-order valence-electron chi connectivity index (χ1n) is 7.23. The Morgan fingerprint density at radius 1 is 1.40 bits per heavy atom. The molecular formula is C16H22BrNO2. The number of aliphatic carboxylic acids is 1. The summed E-state index contributed by atoms with van der Waals surface area (Å²) in [6, 6.07) is 7.73. The van der Waals surface area contributed by atoms with E-state index < -0.39 is 11.5 Å². The van der Waals surface area contributed by atoms with Crippen LogP contribution in [0.3, 0.4) is 0 Å². The van der Waals surface area contributed by atoms with Crippen LogP contribution in [0.15, 0.2) is 28.7 Å². The molecule has 0 saturated heterocycles. The Labute approximate surface area is 128 Å². The topological polar surface area (TPSA) is 49.3 Å². The fraction of sp³-hybridized carbons (Fsp3) is 0.562. The average Bonchev–Trinajstić information content (AvgIpc) is 2.41. The number of halogens is 1. The minimum Gasteiger partial charge on any atom is -0.479 e. The van der Waals surface area contributed by atoms with Crippen molar-refractivity contribution in [2.24, 2.45) is 11.8 Å². The van der Waals surface area contributed by atoms with E-state index in [9.17, 15) is 9.90 Å². The van der Waals surface area contributed by atoms with Crippen molar-refractivity contribution in [1.29, 1.82) is 0 Å². The average molecular weight is 340 g/mol. The Hall–Kier alpha value is -1.03. The molecule has 0 amide bonds. The van der Waals surface area contributed by atoms with Crippen LogP contribution in [0.1, 0.15) is 39.5 Å². The summed E-state index contributed by atoms with van der Waals surface area (Å²) in [6.07, 6.45) is 3.75. The van der Waals surface area contributed by atoms with Crippen LogP contribution in [-0.2, 0) is 4.79 Å².